The molecule has 0 amide bonds. The van der Waals surface area contributed by atoms with Gasteiger partial charge in [0.2, 0.25) is 0 Å². The minimum absolute atomic E-state index is 0.135. The number of fused-ring (bicyclic) bond motifs is 1. The molecular formula is C31H33Cl2N5O. The highest BCUT2D eigenvalue weighted by Gasteiger charge is 2.28. The van der Waals surface area contributed by atoms with E-state index in [2.05, 4.69) is 51.1 Å². The number of aliphatic hydroxyl groups is 1. The maximum Gasteiger partial charge on any atom is 0.145 e. The van der Waals surface area contributed by atoms with Gasteiger partial charge < -0.3 is 10.0 Å². The summed E-state index contributed by atoms with van der Waals surface area (Å²) in [7, 11) is 0. The number of rotatable bonds is 6. The van der Waals surface area contributed by atoms with E-state index in [-0.39, 0.29) is 12.1 Å². The molecule has 3 heterocycles. The van der Waals surface area contributed by atoms with Gasteiger partial charge in [0.25, 0.3) is 0 Å². The molecule has 2 aliphatic heterocycles. The first-order valence-corrected chi connectivity index (χ1v) is 14.4. The largest absolute Gasteiger partial charge is 0.391 e. The Morgan fingerprint density at radius 2 is 1.44 bits per heavy atom. The van der Waals surface area contributed by atoms with Crippen LogP contribution in [0.15, 0.2) is 72.8 Å². The molecule has 1 N–H and O–H groups in total. The third-order valence-electron chi connectivity index (χ3n) is 7.83. The number of benzene rings is 3. The minimum atomic E-state index is -0.307. The Bertz CT molecular complexity index is 1360. The number of piperidine rings is 1. The van der Waals surface area contributed by atoms with Gasteiger partial charge in [0, 0.05) is 54.7 Å². The summed E-state index contributed by atoms with van der Waals surface area (Å²) in [5.41, 5.74) is 3.41. The van der Waals surface area contributed by atoms with Crippen molar-refractivity contribution in [1.29, 1.82) is 0 Å². The van der Waals surface area contributed by atoms with E-state index < -0.39 is 0 Å². The number of β-amino-alcohol motifs (C(OH)–C–C–N with tert-alkyl or cyclic N) is 1. The van der Waals surface area contributed by atoms with E-state index in [4.69, 9.17) is 33.2 Å². The Hall–Kier alpha value is -2.74. The second-order valence-corrected chi connectivity index (χ2v) is 11.4. The maximum absolute atomic E-state index is 10.3. The van der Waals surface area contributed by atoms with Crippen LogP contribution in [0.3, 0.4) is 0 Å². The number of hydrogen-bond acceptors (Lipinski definition) is 6. The van der Waals surface area contributed by atoms with Crippen molar-refractivity contribution < 1.29 is 5.11 Å². The van der Waals surface area contributed by atoms with Crippen molar-refractivity contribution in [2.75, 3.05) is 44.2 Å². The van der Waals surface area contributed by atoms with Crippen LogP contribution < -0.4 is 4.90 Å². The molecule has 0 bridgehead atoms. The van der Waals surface area contributed by atoms with Crippen molar-refractivity contribution in [2.45, 2.75) is 31.5 Å². The van der Waals surface area contributed by atoms with Gasteiger partial charge in [-0.05, 0) is 60.4 Å². The fourth-order valence-corrected chi connectivity index (χ4v) is 6.10. The molecule has 3 aromatic carbocycles. The van der Waals surface area contributed by atoms with Crippen molar-refractivity contribution >= 4 is 39.9 Å². The highest BCUT2D eigenvalue weighted by molar-refractivity contribution is 6.30. The van der Waals surface area contributed by atoms with Gasteiger partial charge in [-0.1, -0.05) is 59.6 Å². The number of piperazine rings is 1. The lowest BCUT2D eigenvalue weighted by atomic mass is 9.96. The first-order valence-electron chi connectivity index (χ1n) is 13.7. The summed E-state index contributed by atoms with van der Waals surface area (Å²) >= 11 is 12.4. The Morgan fingerprint density at radius 1 is 0.795 bits per heavy atom. The second kappa shape index (κ2) is 11.8. The highest BCUT2D eigenvalue weighted by atomic mass is 35.5. The average Bonchev–Trinajstić information content (AvgIpc) is 2.96. The molecule has 202 valence electrons. The zero-order valence-electron chi connectivity index (χ0n) is 21.9. The fraction of sp³-hybridized carbons (Fsp3) is 0.355. The lowest BCUT2D eigenvalue weighted by molar-refractivity contribution is 0.103. The first-order chi connectivity index (χ1) is 19.0. The molecule has 39 heavy (non-hydrogen) atoms. The van der Waals surface area contributed by atoms with E-state index in [0.717, 1.165) is 78.2 Å². The number of hydrogen-bond donors (Lipinski definition) is 1. The molecule has 8 heteroatoms. The molecule has 1 aromatic heterocycles. The average molecular weight is 563 g/mol. The third-order valence-corrected chi connectivity index (χ3v) is 8.34. The molecule has 0 aliphatic carbocycles. The van der Waals surface area contributed by atoms with E-state index in [1.54, 1.807) is 0 Å². The monoisotopic (exact) mass is 561 g/mol. The van der Waals surface area contributed by atoms with Crippen molar-refractivity contribution in [2.24, 2.45) is 0 Å². The Labute approximate surface area is 239 Å². The number of aromatic nitrogens is 2. The molecule has 6 rings (SSSR count). The fourth-order valence-electron chi connectivity index (χ4n) is 5.85. The van der Waals surface area contributed by atoms with Crippen LogP contribution in [0.4, 0.5) is 5.82 Å². The van der Waals surface area contributed by atoms with Crippen LogP contribution >= 0.6 is 23.2 Å². The van der Waals surface area contributed by atoms with Crippen LogP contribution in [0.25, 0.3) is 10.9 Å². The van der Waals surface area contributed by atoms with Gasteiger partial charge in [0.15, 0.2) is 0 Å². The lowest BCUT2D eigenvalue weighted by Crippen LogP contribution is -2.47. The molecular weight excluding hydrogens is 529 g/mol. The number of halogens is 2. The van der Waals surface area contributed by atoms with Gasteiger partial charge in [-0.15, -0.1) is 0 Å². The third kappa shape index (κ3) is 6.06. The summed E-state index contributed by atoms with van der Waals surface area (Å²) in [6.07, 6.45) is 1.52. The molecule has 4 aromatic rings. The molecule has 0 spiro atoms. The van der Waals surface area contributed by atoms with Crippen LogP contribution in [0.1, 0.15) is 35.8 Å². The van der Waals surface area contributed by atoms with Gasteiger partial charge in [-0.2, -0.15) is 0 Å². The standard InChI is InChI=1S/C31H33Cl2N5O/c32-24-11-7-22(8-12-24)30(23-9-13-25(33)14-10-23)37-18-16-36(17-19-37)21-29-34-28-6-2-1-5-27(28)31(35-29)38-15-3-4-26(39)20-38/h1-2,5-14,26,30,39H,3-4,15-21H2. The first kappa shape index (κ1) is 26.5. The molecule has 2 saturated heterocycles. The number of anilines is 1. The minimum Gasteiger partial charge on any atom is -0.391 e. The predicted molar refractivity (Wildman–Crippen MR) is 159 cm³/mol. The summed E-state index contributed by atoms with van der Waals surface area (Å²) in [5, 5.41) is 12.8. The molecule has 1 atom stereocenters. The van der Waals surface area contributed by atoms with Gasteiger partial charge in [-0.3, -0.25) is 9.80 Å². The SMILES string of the molecule is OC1CCCN(c2nc(CN3CCN(C(c4ccc(Cl)cc4)c4ccc(Cl)cc4)CC3)nc3ccccc23)C1. The summed E-state index contributed by atoms with van der Waals surface area (Å²) in [6.45, 7) is 5.93. The quantitative estimate of drug-likeness (QED) is 0.321. The lowest BCUT2D eigenvalue weighted by Gasteiger charge is -2.39. The van der Waals surface area contributed by atoms with Crippen molar-refractivity contribution in [3.8, 4) is 0 Å². The smallest absolute Gasteiger partial charge is 0.145 e. The predicted octanol–water partition coefficient (Wildman–Crippen LogP) is 5.80. The number of aliphatic hydroxyl groups excluding tert-OH is 1. The van der Waals surface area contributed by atoms with Crippen LogP contribution in [0.2, 0.25) is 10.0 Å². The Kier molecular flexibility index (Phi) is 8.00. The zero-order chi connectivity index (χ0) is 26.8. The summed E-state index contributed by atoms with van der Waals surface area (Å²) in [6, 6.07) is 24.7. The summed E-state index contributed by atoms with van der Waals surface area (Å²) < 4.78 is 0. The molecule has 2 aliphatic rings. The van der Waals surface area contributed by atoms with Gasteiger partial charge in [0.05, 0.1) is 24.2 Å². The zero-order valence-corrected chi connectivity index (χ0v) is 23.4. The van der Waals surface area contributed by atoms with E-state index >= 15 is 0 Å². The maximum atomic E-state index is 10.3. The molecule has 1 unspecified atom stereocenters. The summed E-state index contributed by atoms with van der Waals surface area (Å²) in [4.78, 5) is 17.2. The van der Waals surface area contributed by atoms with Crippen LogP contribution in [0, 0.1) is 0 Å². The van der Waals surface area contributed by atoms with Crippen LogP contribution in [-0.2, 0) is 6.54 Å². The molecule has 2 fully saturated rings. The van der Waals surface area contributed by atoms with E-state index in [0.29, 0.717) is 13.1 Å². The summed E-state index contributed by atoms with van der Waals surface area (Å²) in [5.74, 6) is 1.78. The Balaban J connectivity index is 1.20. The van der Waals surface area contributed by atoms with Crippen molar-refractivity contribution in [3.05, 3.63) is 99.8 Å². The van der Waals surface area contributed by atoms with Gasteiger partial charge in [0.1, 0.15) is 11.6 Å². The van der Waals surface area contributed by atoms with Crippen LogP contribution in [-0.4, -0.2) is 70.2 Å². The number of nitrogens with zero attached hydrogens (tertiary/aromatic N) is 5. The van der Waals surface area contributed by atoms with Gasteiger partial charge >= 0.3 is 0 Å². The topological polar surface area (TPSA) is 55.7 Å². The normalized spacial score (nSPS) is 19.2. The van der Waals surface area contributed by atoms with Gasteiger partial charge in [-0.25, -0.2) is 9.97 Å². The number of para-hydroxylation sites is 1. The molecule has 0 radical (unpaired) electrons. The van der Waals surface area contributed by atoms with E-state index in [1.165, 1.54) is 11.1 Å². The second-order valence-electron chi connectivity index (χ2n) is 10.5. The van der Waals surface area contributed by atoms with Crippen molar-refractivity contribution in [1.82, 2.24) is 19.8 Å². The van der Waals surface area contributed by atoms with E-state index in [9.17, 15) is 5.11 Å². The molecule has 6 nitrogen and oxygen atoms in total. The Morgan fingerprint density at radius 3 is 2.08 bits per heavy atom. The van der Waals surface area contributed by atoms with E-state index in [1.807, 2.05) is 36.4 Å². The van der Waals surface area contributed by atoms with Crippen molar-refractivity contribution in [3.63, 3.8) is 0 Å². The highest BCUT2D eigenvalue weighted by Crippen LogP contribution is 2.32. The van der Waals surface area contributed by atoms with Crippen LogP contribution in [0.5, 0.6) is 0 Å². The molecule has 0 saturated carbocycles.